The molecule has 1 aromatic rings. The molecule has 1 saturated heterocycles. The Balaban J connectivity index is 1.82. The lowest BCUT2D eigenvalue weighted by Crippen LogP contribution is -2.58. The largest absolute Gasteiger partial charge is 0.339 e. The molecule has 2 atom stereocenters. The molecule has 1 aromatic carbocycles. The van der Waals surface area contributed by atoms with Crippen molar-refractivity contribution in [3.63, 3.8) is 0 Å². The van der Waals surface area contributed by atoms with E-state index in [4.69, 9.17) is 0 Å². The van der Waals surface area contributed by atoms with E-state index in [9.17, 15) is 9.59 Å². The number of nitrogens with zero attached hydrogens (tertiary/aromatic N) is 1. The summed E-state index contributed by atoms with van der Waals surface area (Å²) in [7, 11) is 0. The van der Waals surface area contributed by atoms with Gasteiger partial charge in [0.15, 0.2) is 0 Å². The Morgan fingerprint density at radius 2 is 1.90 bits per heavy atom. The van der Waals surface area contributed by atoms with E-state index in [2.05, 4.69) is 12.2 Å². The maximum absolute atomic E-state index is 12.7. The lowest BCUT2D eigenvalue weighted by molar-refractivity contribution is -0.148. The van der Waals surface area contributed by atoms with Crippen LogP contribution < -0.4 is 5.32 Å². The third-order valence-electron chi connectivity index (χ3n) is 4.61. The fraction of sp³-hybridized carbons (Fsp3) is 0.500. The van der Waals surface area contributed by atoms with Gasteiger partial charge >= 0.3 is 0 Å². The molecule has 2 amide bonds. The molecule has 20 heavy (non-hydrogen) atoms. The van der Waals surface area contributed by atoms with Crippen molar-refractivity contribution in [2.24, 2.45) is 5.92 Å². The molecule has 1 aliphatic carbocycles. The molecule has 106 valence electrons. The Labute approximate surface area is 119 Å². The van der Waals surface area contributed by atoms with Crippen LogP contribution in [0.1, 0.15) is 37.8 Å². The van der Waals surface area contributed by atoms with Crippen molar-refractivity contribution < 1.29 is 9.59 Å². The van der Waals surface area contributed by atoms with Gasteiger partial charge in [0.05, 0.1) is 6.54 Å². The van der Waals surface area contributed by atoms with Crippen molar-refractivity contribution in [2.75, 3.05) is 6.54 Å². The van der Waals surface area contributed by atoms with Gasteiger partial charge in [-0.1, -0.05) is 36.8 Å². The van der Waals surface area contributed by atoms with E-state index >= 15 is 0 Å². The zero-order valence-electron chi connectivity index (χ0n) is 11.7. The van der Waals surface area contributed by atoms with Crippen molar-refractivity contribution in [3.05, 3.63) is 35.9 Å². The number of carbonyl (C=O) groups is 2. The average molecular weight is 272 g/mol. The Morgan fingerprint density at radius 3 is 2.50 bits per heavy atom. The summed E-state index contributed by atoms with van der Waals surface area (Å²) in [6.45, 7) is 2.27. The predicted octanol–water partition coefficient (Wildman–Crippen LogP) is 1.87. The highest BCUT2D eigenvalue weighted by atomic mass is 16.2. The highest BCUT2D eigenvalue weighted by Crippen LogP contribution is 2.33. The Morgan fingerprint density at radius 1 is 1.20 bits per heavy atom. The van der Waals surface area contributed by atoms with Gasteiger partial charge in [0, 0.05) is 6.04 Å². The van der Waals surface area contributed by atoms with Gasteiger partial charge in [0.1, 0.15) is 6.04 Å². The summed E-state index contributed by atoms with van der Waals surface area (Å²) in [5, 5.41) is 2.81. The zero-order valence-corrected chi connectivity index (χ0v) is 11.7. The van der Waals surface area contributed by atoms with E-state index in [-0.39, 0.29) is 24.4 Å². The summed E-state index contributed by atoms with van der Waals surface area (Å²) in [5.74, 6) is 0.515. The van der Waals surface area contributed by atoms with Crippen LogP contribution in [0.25, 0.3) is 0 Å². The number of carbonyl (C=O) groups excluding carboxylic acids is 2. The summed E-state index contributed by atoms with van der Waals surface area (Å²) in [6, 6.07) is 9.11. The summed E-state index contributed by atoms with van der Waals surface area (Å²) in [5.41, 5.74) is 0.858. The second-order valence-electron chi connectivity index (χ2n) is 5.81. The first-order valence-electron chi connectivity index (χ1n) is 7.31. The van der Waals surface area contributed by atoms with Gasteiger partial charge in [-0.15, -0.1) is 0 Å². The first kappa shape index (κ1) is 13.2. The van der Waals surface area contributed by atoms with Gasteiger partial charge in [-0.05, 0) is 31.2 Å². The van der Waals surface area contributed by atoms with E-state index in [0.29, 0.717) is 5.92 Å². The SMILES string of the molecule is CC(C1CCC1)N1CC(=O)NC(c2ccccc2)C1=O. The third-order valence-corrected chi connectivity index (χ3v) is 4.61. The zero-order chi connectivity index (χ0) is 14.1. The molecule has 3 rings (SSSR count). The fourth-order valence-electron chi connectivity index (χ4n) is 3.06. The molecule has 4 nitrogen and oxygen atoms in total. The van der Waals surface area contributed by atoms with Crippen LogP contribution in [0, 0.1) is 5.92 Å². The fourth-order valence-corrected chi connectivity index (χ4v) is 3.06. The van der Waals surface area contributed by atoms with Gasteiger partial charge in [-0.25, -0.2) is 0 Å². The van der Waals surface area contributed by atoms with Crippen molar-refractivity contribution in [3.8, 4) is 0 Å². The van der Waals surface area contributed by atoms with E-state index in [1.807, 2.05) is 30.3 Å². The van der Waals surface area contributed by atoms with E-state index in [1.165, 1.54) is 19.3 Å². The standard InChI is InChI=1S/C16H20N2O2/c1-11(12-8-5-9-12)18-10-14(19)17-15(16(18)20)13-6-3-2-4-7-13/h2-4,6-7,11-12,15H,5,8-10H2,1H3,(H,17,19). The Kier molecular flexibility index (Phi) is 3.47. The number of hydrogen-bond donors (Lipinski definition) is 1. The minimum atomic E-state index is -0.528. The molecule has 1 saturated carbocycles. The summed E-state index contributed by atoms with van der Waals surface area (Å²) in [4.78, 5) is 26.4. The van der Waals surface area contributed by atoms with Crippen molar-refractivity contribution >= 4 is 11.8 Å². The minimum absolute atomic E-state index is 0.0233. The summed E-state index contributed by atoms with van der Waals surface area (Å²) in [6.07, 6.45) is 3.58. The van der Waals surface area contributed by atoms with Gasteiger partial charge in [0.2, 0.25) is 5.91 Å². The molecule has 1 N–H and O–H groups in total. The number of nitrogens with one attached hydrogen (secondary N) is 1. The molecule has 0 radical (unpaired) electrons. The summed E-state index contributed by atoms with van der Waals surface area (Å²) < 4.78 is 0. The van der Waals surface area contributed by atoms with Gasteiger partial charge in [0.25, 0.3) is 5.91 Å². The maximum atomic E-state index is 12.7. The topological polar surface area (TPSA) is 49.4 Å². The van der Waals surface area contributed by atoms with E-state index in [0.717, 1.165) is 5.56 Å². The van der Waals surface area contributed by atoms with Crippen LogP contribution in [0.5, 0.6) is 0 Å². The van der Waals surface area contributed by atoms with Crippen LogP contribution in [0.3, 0.4) is 0 Å². The number of piperazine rings is 1. The number of hydrogen-bond acceptors (Lipinski definition) is 2. The molecular formula is C16H20N2O2. The second-order valence-corrected chi connectivity index (χ2v) is 5.81. The van der Waals surface area contributed by atoms with Crippen molar-refractivity contribution in [1.82, 2.24) is 10.2 Å². The molecule has 0 aromatic heterocycles. The molecule has 2 aliphatic rings. The first-order chi connectivity index (χ1) is 9.66. The maximum Gasteiger partial charge on any atom is 0.250 e. The third kappa shape index (κ3) is 2.30. The lowest BCUT2D eigenvalue weighted by Gasteiger charge is -2.42. The monoisotopic (exact) mass is 272 g/mol. The number of amides is 2. The smallest absolute Gasteiger partial charge is 0.250 e. The molecule has 1 heterocycles. The number of benzene rings is 1. The average Bonchev–Trinajstić information content (AvgIpc) is 2.40. The van der Waals surface area contributed by atoms with Crippen LogP contribution in [-0.4, -0.2) is 29.3 Å². The molecule has 2 fully saturated rings. The van der Waals surface area contributed by atoms with Crippen LogP contribution in [0.15, 0.2) is 30.3 Å². The lowest BCUT2D eigenvalue weighted by atomic mass is 9.79. The van der Waals surface area contributed by atoms with Crippen molar-refractivity contribution in [1.29, 1.82) is 0 Å². The summed E-state index contributed by atoms with van der Waals surface area (Å²) >= 11 is 0. The highest BCUT2D eigenvalue weighted by Gasteiger charge is 2.39. The normalized spacial score (nSPS) is 25.1. The second kappa shape index (κ2) is 5.27. The Bertz CT molecular complexity index is 510. The molecule has 2 unspecified atom stereocenters. The van der Waals surface area contributed by atoms with Gasteiger partial charge in [-0.3, -0.25) is 9.59 Å². The quantitative estimate of drug-likeness (QED) is 0.913. The van der Waals surface area contributed by atoms with Gasteiger partial charge in [-0.2, -0.15) is 0 Å². The predicted molar refractivity (Wildman–Crippen MR) is 75.8 cm³/mol. The number of rotatable bonds is 3. The highest BCUT2D eigenvalue weighted by molar-refractivity contribution is 5.95. The Hall–Kier alpha value is -1.84. The van der Waals surface area contributed by atoms with Crippen LogP contribution in [-0.2, 0) is 9.59 Å². The van der Waals surface area contributed by atoms with Crippen LogP contribution in [0.2, 0.25) is 0 Å². The van der Waals surface area contributed by atoms with E-state index in [1.54, 1.807) is 4.90 Å². The molecule has 1 aliphatic heterocycles. The van der Waals surface area contributed by atoms with E-state index < -0.39 is 6.04 Å². The van der Waals surface area contributed by atoms with Gasteiger partial charge < -0.3 is 10.2 Å². The van der Waals surface area contributed by atoms with Crippen LogP contribution >= 0.6 is 0 Å². The minimum Gasteiger partial charge on any atom is -0.339 e. The van der Waals surface area contributed by atoms with Crippen molar-refractivity contribution in [2.45, 2.75) is 38.3 Å². The van der Waals surface area contributed by atoms with Crippen LogP contribution in [0.4, 0.5) is 0 Å². The molecular weight excluding hydrogens is 252 g/mol. The molecule has 4 heteroatoms. The molecule has 0 spiro atoms. The first-order valence-corrected chi connectivity index (χ1v) is 7.31. The molecule has 0 bridgehead atoms.